The first-order chi connectivity index (χ1) is 5.29. The molecule has 0 aliphatic heterocycles. The lowest BCUT2D eigenvalue weighted by Gasteiger charge is -1.99. The SMILES string of the molecule is COc1[nH]ccc(=S)c1C#N. The van der Waals surface area contributed by atoms with Gasteiger partial charge in [-0.3, -0.25) is 0 Å². The zero-order valence-corrected chi connectivity index (χ0v) is 6.73. The van der Waals surface area contributed by atoms with E-state index < -0.39 is 0 Å². The summed E-state index contributed by atoms with van der Waals surface area (Å²) in [7, 11) is 1.49. The molecule has 0 aromatic carbocycles. The van der Waals surface area contributed by atoms with Gasteiger partial charge in [0.1, 0.15) is 11.6 Å². The van der Waals surface area contributed by atoms with E-state index >= 15 is 0 Å². The maximum Gasteiger partial charge on any atom is 0.210 e. The smallest absolute Gasteiger partial charge is 0.210 e. The zero-order chi connectivity index (χ0) is 8.27. The predicted octanol–water partition coefficient (Wildman–Crippen LogP) is 1.62. The molecular weight excluding hydrogens is 160 g/mol. The van der Waals surface area contributed by atoms with Crippen molar-refractivity contribution in [2.75, 3.05) is 7.11 Å². The van der Waals surface area contributed by atoms with Gasteiger partial charge in [0.2, 0.25) is 5.88 Å². The van der Waals surface area contributed by atoms with Crippen molar-refractivity contribution in [1.82, 2.24) is 4.98 Å². The normalized spacial score (nSPS) is 8.73. The van der Waals surface area contributed by atoms with E-state index in [4.69, 9.17) is 22.2 Å². The average Bonchev–Trinajstić information content (AvgIpc) is 2.04. The molecule has 1 rings (SSSR count). The lowest BCUT2D eigenvalue weighted by atomic mass is 10.3. The number of ether oxygens (including phenoxy) is 1. The summed E-state index contributed by atoms with van der Waals surface area (Å²) in [5, 5.41) is 8.61. The van der Waals surface area contributed by atoms with Gasteiger partial charge in [-0.25, -0.2) is 0 Å². The Morgan fingerprint density at radius 3 is 2.91 bits per heavy atom. The highest BCUT2D eigenvalue weighted by Gasteiger charge is 2.01. The van der Waals surface area contributed by atoms with Crippen molar-refractivity contribution >= 4 is 12.2 Å². The number of methoxy groups -OCH3 is 1. The average molecular weight is 166 g/mol. The van der Waals surface area contributed by atoms with Gasteiger partial charge < -0.3 is 9.72 Å². The van der Waals surface area contributed by atoms with E-state index in [1.54, 1.807) is 12.3 Å². The third-order valence-electron chi connectivity index (χ3n) is 1.24. The van der Waals surface area contributed by atoms with Gasteiger partial charge in [0, 0.05) is 6.20 Å². The highest BCUT2D eigenvalue weighted by atomic mass is 32.1. The van der Waals surface area contributed by atoms with Gasteiger partial charge in [0.25, 0.3) is 0 Å². The molecule has 1 N–H and O–H groups in total. The first-order valence-corrected chi connectivity index (χ1v) is 3.36. The lowest BCUT2D eigenvalue weighted by molar-refractivity contribution is 0.396. The molecule has 56 valence electrons. The molecule has 1 aromatic rings. The van der Waals surface area contributed by atoms with Crippen LogP contribution in [0.15, 0.2) is 12.3 Å². The second kappa shape index (κ2) is 3.17. The van der Waals surface area contributed by atoms with Crippen LogP contribution in [0.25, 0.3) is 0 Å². The van der Waals surface area contributed by atoms with Crippen LogP contribution in [0.5, 0.6) is 5.88 Å². The summed E-state index contributed by atoms with van der Waals surface area (Å²) in [4.78, 5) is 2.77. The van der Waals surface area contributed by atoms with Crippen LogP contribution in [0.2, 0.25) is 0 Å². The number of nitrogens with one attached hydrogen (secondary N) is 1. The van der Waals surface area contributed by atoms with E-state index in [0.29, 0.717) is 16.0 Å². The van der Waals surface area contributed by atoms with Gasteiger partial charge in [0.05, 0.1) is 11.6 Å². The van der Waals surface area contributed by atoms with Crippen LogP contribution in [0.1, 0.15) is 5.56 Å². The quantitative estimate of drug-likeness (QED) is 0.645. The molecule has 3 nitrogen and oxygen atoms in total. The number of aromatic nitrogens is 1. The van der Waals surface area contributed by atoms with Crippen molar-refractivity contribution in [3.8, 4) is 11.9 Å². The van der Waals surface area contributed by atoms with Crippen molar-refractivity contribution < 1.29 is 4.74 Å². The Labute approximate surface area is 69.2 Å². The van der Waals surface area contributed by atoms with Crippen molar-refractivity contribution in [2.24, 2.45) is 0 Å². The molecule has 0 radical (unpaired) electrons. The van der Waals surface area contributed by atoms with E-state index in [1.165, 1.54) is 7.11 Å². The Morgan fingerprint density at radius 1 is 1.73 bits per heavy atom. The number of pyridine rings is 1. The highest BCUT2D eigenvalue weighted by Crippen LogP contribution is 2.13. The molecule has 0 spiro atoms. The number of aromatic amines is 1. The standard InChI is InChI=1S/C7H6N2OS/c1-10-7-5(4-8)6(11)2-3-9-7/h2-3H,1H3,(H,9,11). The molecule has 4 heteroatoms. The number of hydrogen-bond acceptors (Lipinski definition) is 3. The fraction of sp³-hybridized carbons (Fsp3) is 0.143. The zero-order valence-electron chi connectivity index (χ0n) is 5.92. The first-order valence-electron chi connectivity index (χ1n) is 2.95. The molecule has 0 fully saturated rings. The number of hydrogen-bond donors (Lipinski definition) is 1. The van der Waals surface area contributed by atoms with E-state index in [-0.39, 0.29) is 0 Å². The molecule has 11 heavy (non-hydrogen) atoms. The summed E-state index contributed by atoms with van der Waals surface area (Å²) >= 11 is 4.88. The summed E-state index contributed by atoms with van der Waals surface area (Å²) in [6, 6.07) is 3.60. The molecular formula is C7H6N2OS. The topological polar surface area (TPSA) is 48.8 Å². The number of rotatable bonds is 1. The molecule has 1 heterocycles. The minimum absolute atomic E-state index is 0.380. The lowest BCUT2D eigenvalue weighted by Crippen LogP contribution is -1.91. The van der Waals surface area contributed by atoms with E-state index in [9.17, 15) is 0 Å². The molecule has 0 atom stereocenters. The van der Waals surface area contributed by atoms with Gasteiger partial charge in [-0.1, -0.05) is 12.2 Å². The summed E-state index contributed by atoms with van der Waals surface area (Å²) in [5.74, 6) is 0.417. The van der Waals surface area contributed by atoms with Gasteiger partial charge >= 0.3 is 0 Å². The van der Waals surface area contributed by atoms with Crippen LogP contribution in [0.4, 0.5) is 0 Å². The Balaban J connectivity index is 3.40. The van der Waals surface area contributed by atoms with E-state index in [0.717, 1.165) is 0 Å². The summed E-state index contributed by atoms with van der Waals surface area (Å²) < 4.78 is 5.38. The van der Waals surface area contributed by atoms with Gasteiger partial charge in [-0.15, -0.1) is 0 Å². The van der Waals surface area contributed by atoms with E-state index in [1.807, 2.05) is 6.07 Å². The summed E-state index contributed by atoms with van der Waals surface area (Å²) in [5.41, 5.74) is 0.380. The van der Waals surface area contributed by atoms with Crippen LogP contribution < -0.4 is 4.74 Å². The Hall–Kier alpha value is -1.34. The maximum absolute atomic E-state index is 8.61. The van der Waals surface area contributed by atoms with Crippen molar-refractivity contribution in [3.63, 3.8) is 0 Å². The molecule has 0 saturated heterocycles. The highest BCUT2D eigenvalue weighted by molar-refractivity contribution is 7.71. The van der Waals surface area contributed by atoms with Crippen LogP contribution in [0.3, 0.4) is 0 Å². The third-order valence-corrected chi connectivity index (χ3v) is 1.58. The van der Waals surface area contributed by atoms with E-state index in [2.05, 4.69) is 4.98 Å². The second-order valence-corrected chi connectivity index (χ2v) is 2.30. The molecule has 0 aliphatic rings. The van der Waals surface area contributed by atoms with Crippen LogP contribution in [0, 0.1) is 15.8 Å². The number of H-pyrrole nitrogens is 1. The van der Waals surface area contributed by atoms with Gasteiger partial charge in [-0.05, 0) is 6.07 Å². The first kappa shape index (κ1) is 7.76. The fourth-order valence-corrected chi connectivity index (χ4v) is 0.934. The molecule has 0 unspecified atom stereocenters. The minimum Gasteiger partial charge on any atom is -0.481 e. The molecule has 1 aromatic heterocycles. The van der Waals surface area contributed by atoms with Gasteiger partial charge in [-0.2, -0.15) is 5.26 Å². The Bertz CT molecular complexity index is 350. The molecule has 0 amide bonds. The fourth-order valence-electron chi connectivity index (χ4n) is 0.727. The minimum atomic E-state index is 0.380. The molecule has 0 aliphatic carbocycles. The van der Waals surface area contributed by atoms with Crippen LogP contribution in [-0.2, 0) is 0 Å². The molecule has 0 bridgehead atoms. The van der Waals surface area contributed by atoms with Crippen LogP contribution in [-0.4, -0.2) is 12.1 Å². The molecule has 0 saturated carbocycles. The number of nitriles is 1. The second-order valence-electron chi connectivity index (χ2n) is 1.86. The number of nitrogens with zero attached hydrogens (tertiary/aromatic N) is 1. The third kappa shape index (κ3) is 1.38. The van der Waals surface area contributed by atoms with Crippen molar-refractivity contribution in [1.29, 1.82) is 5.26 Å². The van der Waals surface area contributed by atoms with Gasteiger partial charge in [0.15, 0.2) is 0 Å². The largest absolute Gasteiger partial charge is 0.481 e. The summed E-state index contributed by atoms with van der Waals surface area (Å²) in [6.07, 6.45) is 1.64. The monoisotopic (exact) mass is 166 g/mol. The van der Waals surface area contributed by atoms with Crippen molar-refractivity contribution in [3.05, 3.63) is 22.3 Å². The van der Waals surface area contributed by atoms with Crippen molar-refractivity contribution in [2.45, 2.75) is 0 Å². The Morgan fingerprint density at radius 2 is 2.45 bits per heavy atom. The summed E-state index contributed by atoms with van der Waals surface area (Å²) in [6.45, 7) is 0. The maximum atomic E-state index is 8.61. The Kier molecular flexibility index (Phi) is 2.24. The predicted molar refractivity (Wildman–Crippen MR) is 42.9 cm³/mol. The van der Waals surface area contributed by atoms with Crippen LogP contribution >= 0.6 is 12.2 Å².